The van der Waals surface area contributed by atoms with E-state index in [1.54, 1.807) is 0 Å². The van der Waals surface area contributed by atoms with Crippen LogP contribution in [0.2, 0.25) is 0 Å². The molecule has 3 heteroatoms. The number of unbranched alkanes of at least 4 members (excludes halogenated alkanes) is 2. The molecule has 3 aromatic rings. The molecular weight excluding hydrogens is 332 g/mol. The van der Waals surface area contributed by atoms with Gasteiger partial charge in [0.1, 0.15) is 0 Å². The molecule has 0 spiro atoms. The van der Waals surface area contributed by atoms with E-state index in [-0.39, 0.29) is 5.91 Å². The van der Waals surface area contributed by atoms with E-state index in [1.807, 2.05) is 44.3 Å². The first-order valence-corrected chi connectivity index (χ1v) is 9.90. The number of carbonyl (C=O) groups excluding carboxylic acids is 1. The number of amides is 1. The predicted molar refractivity (Wildman–Crippen MR) is 113 cm³/mol. The van der Waals surface area contributed by atoms with Crippen LogP contribution in [-0.2, 0) is 12.1 Å². The van der Waals surface area contributed by atoms with E-state index in [2.05, 4.69) is 48.0 Å². The Morgan fingerprint density at radius 1 is 1.04 bits per heavy atom. The third-order valence-corrected chi connectivity index (χ3v) is 5.27. The smallest absolute Gasteiger partial charge is 0.254 e. The number of nitrogens with zero attached hydrogens (tertiary/aromatic N) is 1. The molecule has 0 aliphatic heterocycles. The van der Waals surface area contributed by atoms with E-state index in [9.17, 15) is 4.79 Å². The molecule has 0 unspecified atom stereocenters. The molecule has 0 saturated carbocycles. The quantitative estimate of drug-likeness (QED) is 0.529. The first kappa shape index (κ1) is 19.2. The fourth-order valence-corrected chi connectivity index (χ4v) is 3.72. The molecule has 1 N–H and O–H groups in total. The van der Waals surface area contributed by atoms with Crippen LogP contribution in [0.5, 0.6) is 0 Å². The Morgan fingerprint density at radius 2 is 1.78 bits per heavy atom. The van der Waals surface area contributed by atoms with Crippen LogP contribution in [-0.4, -0.2) is 10.5 Å². The maximum absolute atomic E-state index is 13.2. The zero-order chi connectivity index (χ0) is 19.4. The van der Waals surface area contributed by atoms with Crippen molar-refractivity contribution < 1.29 is 4.79 Å². The lowest BCUT2D eigenvalue weighted by atomic mass is 9.94. The summed E-state index contributed by atoms with van der Waals surface area (Å²) in [5.41, 5.74) is 3.82. The Kier molecular flexibility index (Phi) is 5.69. The first-order chi connectivity index (χ1) is 12.9. The first-order valence-electron chi connectivity index (χ1n) is 9.90. The van der Waals surface area contributed by atoms with Gasteiger partial charge in [-0.2, -0.15) is 0 Å². The van der Waals surface area contributed by atoms with Crippen LogP contribution < -0.4 is 5.32 Å². The number of para-hydroxylation sites is 1. The van der Waals surface area contributed by atoms with Gasteiger partial charge in [-0.05, 0) is 38.3 Å². The molecule has 0 atom stereocenters. The minimum atomic E-state index is -0.432. The van der Waals surface area contributed by atoms with Crippen molar-refractivity contribution in [1.82, 2.24) is 9.88 Å². The van der Waals surface area contributed by atoms with Gasteiger partial charge in [-0.15, -0.1) is 0 Å². The largest absolute Gasteiger partial charge is 0.346 e. The lowest BCUT2D eigenvalue weighted by Gasteiger charge is -2.26. The predicted octanol–water partition coefficient (Wildman–Crippen LogP) is 5.81. The van der Waals surface area contributed by atoms with Gasteiger partial charge in [0.2, 0.25) is 0 Å². The molecule has 1 heterocycles. The summed E-state index contributed by atoms with van der Waals surface area (Å²) in [6, 6.07) is 16.3. The Labute approximate surface area is 162 Å². The monoisotopic (exact) mass is 362 g/mol. The van der Waals surface area contributed by atoms with Gasteiger partial charge in [0.25, 0.3) is 5.91 Å². The van der Waals surface area contributed by atoms with Crippen molar-refractivity contribution in [1.29, 1.82) is 0 Å². The maximum Gasteiger partial charge on any atom is 0.254 e. The lowest BCUT2D eigenvalue weighted by molar-refractivity contribution is 0.0913. The zero-order valence-corrected chi connectivity index (χ0v) is 16.9. The third kappa shape index (κ3) is 4.08. The van der Waals surface area contributed by atoms with Gasteiger partial charge in [-0.3, -0.25) is 4.79 Å². The summed E-state index contributed by atoms with van der Waals surface area (Å²) < 4.78 is 2.25. The molecule has 0 bridgehead atoms. The number of aromatic nitrogens is 1. The van der Waals surface area contributed by atoms with Gasteiger partial charge < -0.3 is 9.88 Å². The van der Waals surface area contributed by atoms with Crippen molar-refractivity contribution in [2.75, 3.05) is 0 Å². The number of carbonyl (C=O) groups is 1. The second kappa shape index (κ2) is 7.99. The summed E-state index contributed by atoms with van der Waals surface area (Å²) in [4.78, 5) is 13.2. The van der Waals surface area contributed by atoms with Crippen LogP contribution in [0.4, 0.5) is 0 Å². The SMILES string of the molecule is CCCCCn1cc(C(=O)NC(C)(C)c2ccccc2)c2cccc(C)c21. The van der Waals surface area contributed by atoms with E-state index >= 15 is 0 Å². The van der Waals surface area contributed by atoms with Crippen LogP contribution in [0, 0.1) is 6.92 Å². The van der Waals surface area contributed by atoms with Crippen molar-refractivity contribution in [2.24, 2.45) is 0 Å². The zero-order valence-electron chi connectivity index (χ0n) is 16.9. The van der Waals surface area contributed by atoms with E-state index in [0.29, 0.717) is 0 Å². The highest BCUT2D eigenvalue weighted by molar-refractivity contribution is 6.07. The molecule has 0 aliphatic rings. The summed E-state index contributed by atoms with van der Waals surface area (Å²) in [6.07, 6.45) is 5.56. The fourth-order valence-electron chi connectivity index (χ4n) is 3.72. The molecular formula is C24H30N2O. The molecule has 3 rings (SSSR count). The molecule has 0 saturated heterocycles. The number of benzene rings is 2. The second-order valence-electron chi connectivity index (χ2n) is 7.86. The van der Waals surface area contributed by atoms with Gasteiger partial charge in [0.05, 0.1) is 16.6 Å². The molecule has 1 amide bonds. The summed E-state index contributed by atoms with van der Waals surface area (Å²) in [5, 5.41) is 4.26. The number of hydrogen-bond acceptors (Lipinski definition) is 1. The lowest BCUT2D eigenvalue weighted by Crippen LogP contribution is -2.40. The average molecular weight is 363 g/mol. The summed E-state index contributed by atoms with van der Waals surface area (Å²) in [6.45, 7) is 9.38. The highest BCUT2D eigenvalue weighted by Gasteiger charge is 2.25. The van der Waals surface area contributed by atoms with Crippen molar-refractivity contribution >= 4 is 16.8 Å². The van der Waals surface area contributed by atoms with Crippen molar-refractivity contribution in [2.45, 2.75) is 59.0 Å². The van der Waals surface area contributed by atoms with Crippen LogP contribution in [0.3, 0.4) is 0 Å². The number of rotatable bonds is 7. The van der Waals surface area contributed by atoms with Crippen molar-refractivity contribution in [3.8, 4) is 0 Å². The number of hydrogen-bond donors (Lipinski definition) is 1. The van der Waals surface area contributed by atoms with Gasteiger partial charge in [-0.1, -0.05) is 68.3 Å². The Hall–Kier alpha value is -2.55. The van der Waals surface area contributed by atoms with Crippen molar-refractivity contribution in [3.05, 3.63) is 71.4 Å². The van der Waals surface area contributed by atoms with Gasteiger partial charge in [0.15, 0.2) is 0 Å². The Bertz CT molecular complexity index is 922. The van der Waals surface area contributed by atoms with Gasteiger partial charge in [-0.25, -0.2) is 0 Å². The standard InChI is InChI=1S/C24H30N2O/c1-5-6-10-16-26-17-21(20-15-11-12-18(2)22(20)26)23(27)25-24(3,4)19-13-8-7-9-14-19/h7-9,11-15,17H,5-6,10,16H2,1-4H3,(H,25,27). The van der Waals surface area contributed by atoms with Crippen LogP contribution in [0.15, 0.2) is 54.7 Å². The normalized spacial score (nSPS) is 11.7. The van der Waals surface area contributed by atoms with Gasteiger partial charge in [0, 0.05) is 18.1 Å². The highest BCUT2D eigenvalue weighted by atomic mass is 16.1. The number of aryl methyl sites for hydroxylation is 2. The number of fused-ring (bicyclic) bond motifs is 1. The molecule has 0 fully saturated rings. The summed E-state index contributed by atoms with van der Waals surface area (Å²) in [7, 11) is 0. The molecule has 1 aromatic heterocycles. The second-order valence-corrected chi connectivity index (χ2v) is 7.86. The Morgan fingerprint density at radius 3 is 2.48 bits per heavy atom. The van der Waals surface area contributed by atoms with E-state index < -0.39 is 5.54 Å². The van der Waals surface area contributed by atoms with Crippen LogP contribution in [0.1, 0.15) is 61.5 Å². The molecule has 27 heavy (non-hydrogen) atoms. The summed E-state index contributed by atoms with van der Waals surface area (Å²) in [5.74, 6) is -0.0197. The highest BCUT2D eigenvalue weighted by Crippen LogP contribution is 2.27. The number of nitrogens with one attached hydrogen (secondary N) is 1. The third-order valence-electron chi connectivity index (χ3n) is 5.27. The average Bonchev–Trinajstić information content (AvgIpc) is 3.03. The minimum absolute atomic E-state index is 0.0197. The van der Waals surface area contributed by atoms with Crippen LogP contribution in [0.25, 0.3) is 10.9 Å². The summed E-state index contributed by atoms with van der Waals surface area (Å²) >= 11 is 0. The van der Waals surface area contributed by atoms with E-state index in [1.165, 1.54) is 23.9 Å². The molecule has 0 radical (unpaired) electrons. The van der Waals surface area contributed by atoms with Gasteiger partial charge >= 0.3 is 0 Å². The minimum Gasteiger partial charge on any atom is -0.346 e. The molecule has 142 valence electrons. The topological polar surface area (TPSA) is 34.0 Å². The Balaban J connectivity index is 1.94. The molecule has 0 aliphatic carbocycles. The van der Waals surface area contributed by atoms with E-state index in [4.69, 9.17) is 0 Å². The van der Waals surface area contributed by atoms with Crippen molar-refractivity contribution in [3.63, 3.8) is 0 Å². The molecule has 3 nitrogen and oxygen atoms in total. The molecule has 2 aromatic carbocycles. The maximum atomic E-state index is 13.2. The van der Waals surface area contributed by atoms with Crippen LogP contribution >= 0.6 is 0 Å². The fraction of sp³-hybridized carbons (Fsp3) is 0.375. The van der Waals surface area contributed by atoms with E-state index in [0.717, 1.165) is 29.5 Å².